The Kier molecular flexibility index (Phi) is 7.37. The van der Waals surface area contributed by atoms with Gasteiger partial charge in [0.1, 0.15) is 5.75 Å². The minimum absolute atomic E-state index is 0.353. The summed E-state index contributed by atoms with van der Waals surface area (Å²) >= 11 is 0. The molecular formula is C20H22N2O5. The molecule has 0 aromatic heterocycles. The summed E-state index contributed by atoms with van der Waals surface area (Å²) in [7, 11) is 1.38. The average molecular weight is 370 g/mol. The summed E-state index contributed by atoms with van der Waals surface area (Å²) < 4.78 is 11.1. The van der Waals surface area contributed by atoms with Gasteiger partial charge in [-0.25, -0.2) is 9.59 Å². The van der Waals surface area contributed by atoms with Crippen molar-refractivity contribution in [2.45, 2.75) is 25.6 Å². The molecule has 7 nitrogen and oxygen atoms in total. The third-order valence-electron chi connectivity index (χ3n) is 3.69. The van der Waals surface area contributed by atoms with Crippen LogP contribution in [0, 0.1) is 0 Å². The lowest BCUT2D eigenvalue weighted by Gasteiger charge is -2.21. The van der Waals surface area contributed by atoms with Crippen molar-refractivity contribution < 1.29 is 23.9 Å². The summed E-state index contributed by atoms with van der Waals surface area (Å²) in [6.07, 6.45) is -1.80. The second kappa shape index (κ2) is 9.96. The molecule has 142 valence electrons. The predicted octanol–water partition coefficient (Wildman–Crippen LogP) is 2.58. The molecule has 0 unspecified atom stereocenters. The number of carbonyl (C=O) groups is 3. The molecule has 0 heterocycles. The number of ether oxygens (including phenoxy) is 2. The van der Waals surface area contributed by atoms with E-state index in [4.69, 9.17) is 9.47 Å². The topological polar surface area (TPSA) is 93.7 Å². The second-order valence-corrected chi connectivity index (χ2v) is 5.62. The van der Waals surface area contributed by atoms with Gasteiger partial charge in [0, 0.05) is 12.6 Å². The van der Waals surface area contributed by atoms with Gasteiger partial charge in [-0.2, -0.15) is 0 Å². The third kappa shape index (κ3) is 5.85. The van der Waals surface area contributed by atoms with Crippen molar-refractivity contribution in [2.24, 2.45) is 0 Å². The van der Waals surface area contributed by atoms with Crippen LogP contribution in [0.2, 0.25) is 0 Å². The van der Waals surface area contributed by atoms with Crippen LogP contribution in [0.5, 0.6) is 5.75 Å². The number of hydrogen-bond acceptors (Lipinski definition) is 5. The van der Waals surface area contributed by atoms with Gasteiger partial charge in [-0.3, -0.25) is 10.1 Å². The molecule has 2 rings (SSSR count). The molecule has 0 spiro atoms. The van der Waals surface area contributed by atoms with Gasteiger partial charge in [0.15, 0.2) is 6.10 Å². The van der Waals surface area contributed by atoms with Crippen molar-refractivity contribution in [2.75, 3.05) is 7.05 Å². The molecule has 2 aromatic carbocycles. The van der Waals surface area contributed by atoms with Gasteiger partial charge in [0.25, 0.3) is 5.91 Å². The molecule has 7 heteroatoms. The quantitative estimate of drug-likeness (QED) is 0.731. The lowest BCUT2D eigenvalue weighted by Crippen LogP contribution is -2.42. The van der Waals surface area contributed by atoms with Crippen LogP contribution in [-0.2, 0) is 14.3 Å². The highest BCUT2D eigenvalue weighted by atomic mass is 16.6. The summed E-state index contributed by atoms with van der Waals surface area (Å²) in [5, 5.41) is 4.42. The molecule has 0 aliphatic heterocycles. The van der Waals surface area contributed by atoms with Gasteiger partial charge in [0.2, 0.25) is 6.10 Å². The number of urea groups is 1. The fourth-order valence-electron chi connectivity index (χ4n) is 2.29. The molecule has 2 N–H and O–H groups in total. The molecule has 2 atom stereocenters. The van der Waals surface area contributed by atoms with Crippen LogP contribution >= 0.6 is 0 Å². The van der Waals surface area contributed by atoms with Crippen LogP contribution in [0.25, 0.3) is 0 Å². The maximum absolute atomic E-state index is 12.6. The zero-order valence-electron chi connectivity index (χ0n) is 15.2. The molecule has 0 aliphatic carbocycles. The molecule has 0 bridgehead atoms. The van der Waals surface area contributed by atoms with Gasteiger partial charge in [-0.15, -0.1) is 0 Å². The molecule has 3 amide bonds. The normalized spacial score (nSPS) is 12.4. The Bertz CT molecular complexity index is 764. The summed E-state index contributed by atoms with van der Waals surface area (Å²) in [5.74, 6) is -0.918. The third-order valence-corrected chi connectivity index (χ3v) is 3.69. The first-order valence-corrected chi connectivity index (χ1v) is 8.54. The zero-order chi connectivity index (χ0) is 19.6. The molecule has 0 saturated heterocycles. The van der Waals surface area contributed by atoms with Crippen molar-refractivity contribution in [3.8, 4) is 5.75 Å². The Labute approximate surface area is 157 Å². The molecule has 0 saturated carbocycles. The lowest BCUT2D eigenvalue weighted by atomic mass is 10.1. The Morgan fingerprint density at radius 1 is 0.963 bits per heavy atom. The van der Waals surface area contributed by atoms with E-state index < -0.39 is 30.1 Å². The maximum atomic E-state index is 12.6. The van der Waals surface area contributed by atoms with Crippen molar-refractivity contribution in [1.82, 2.24) is 10.6 Å². The second-order valence-electron chi connectivity index (χ2n) is 5.62. The summed E-state index contributed by atoms with van der Waals surface area (Å²) in [5.41, 5.74) is 0.446. The van der Waals surface area contributed by atoms with E-state index in [2.05, 4.69) is 10.6 Å². The Balaban J connectivity index is 2.16. The van der Waals surface area contributed by atoms with Crippen LogP contribution in [0.4, 0.5) is 4.79 Å². The molecule has 2 aromatic rings. The zero-order valence-corrected chi connectivity index (χ0v) is 15.2. The number of benzene rings is 2. The van der Waals surface area contributed by atoms with Gasteiger partial charge < -0.3 is 14.8 Å². The lowest BCUT2D eigenvalue weighted by molar-refractivity contribution is -0.163. The Hall–Kier alpha value is -3.35. The van der Waals surface area contributed by atoms with E-state index in [1.165, 1.54) is 7.05 Å². The van der Waals surface area contributed by atoms with Gasteiger partial charge in [-0.1, -0.05) is 55.5 Å². The number of imide groups is 1. The smallest absolute Gasteiger partial charge is 0.348 e. The van der Waals surface area contributed by atoms with Gasteiger partial charge >= 0.3 is 12.0 Å². The number of amides is 3. The van der Waals surface area contributed by atoms with E-state index in [-0.39, 0.29) is 0 Å². The number of para-hydroxylation sites is 1. The van der Waals surface area contributed by atoms with Crippen LogP contribution in [0.1, 0.15) is 25.0 Å². The van der Waals surface area contributed by atoms with Crippen molar-refractivity contribution in [3.63, 3.8) is 0 Å². The molecular weight excluding hydrogens is 348 g/mol. The number of rotatable bonds is 7. The van der Waals surface area contributed by atoms with Crippen LogP contribution < -0.4 is 15.4 Å². The Morgan fingerprint density at radius 2 is 1.56 bits per heavy atom. The minimum atomic E-state index is -1.27. The SMILES string of the molecule is CC[C@H](Oc1ccccc1)C(=O)O[C@@H](C(=O)NC(=O)NC)c1ccccc1. The van der Waals surface area contributed by atoms with Crippen molar-refractivity contribution in [3.05, 3.63) is 66.2 Å². The van der Waals surface area contributed by atoms with Gasteiger partial charge in [0.05, 0.1) is 0 Å². The minimum Gasteiger partial charge on any atom is -0.479 e. The van der Waals surface area contributed by atoms with E-state index >= 15 is 0 Å². The molecule has 0 aliphatic rings. The van der Waals surface area contributed by atoms with Crippen molar-refractivity contribution >= 4 is 17.9 Å². The Morgan fingerprint density at radius 3 is 2.11 bits per heavy atom. The van der Waals surface area contributed by atoms with Crippen LogP contribution in [0.15, 0.2) is 60.7 Å². The number of nitrogens with one attached hydrogen (secondary N) is 2. The first-order chi connectivity index (χ1) is 13.0. The number of esters is 1. The molecule has 27 heavy (non-hydrogen) atoms. The predicted molar refractivity (Wildman–Crippen MR) is 99.0 cm³/mol. The molecule has 0 radical (unpaired) electrons. The largest absolute Gasteiger partial charge is 0.479 e. The summed E-state index contributed by atoms with van der Waals surface area (Å²) in [4.78, 5) is 36.5. The summed E-state index contributed by atoms with van der Waals surface area (Å²) in [6.45, 7) is 1.77. The first kappa shape index (κ1) is 20.0. The standard InChI is InChI=1S/C20H22N2O5/c1-3-16(26-15-12-8-5-9-13-15)19(24)27-17(14-10-6-4-7-11-14)18(23)22-20(25)21-2/h4-13,16-17H,3H2,1-2H3,(H2,21,22,23,25)/t16-,17+/m0/s1. The fourth-order valence-corrected chi connectivity index (χ4v) is 2.29. The first-order valence-electron chi connectivity index (χ1n) is 8.54. The van der Waals surface area contributed by atoms with E-state index in [1.54, 1.807) is 61.5 Å². The van der Waals surface area contributed by atoms with Crippen molar-refractivity contribution in [1.29, 1.82) is 0 Å². The number of carbonyl (C=O) groups excluding carboxylic acids is 3. The van der Waals surface area contributed by atoms with Crippen LogP contribution in [0.3, 0.4) is 0 Å². The maximum Gasteiger partial charge on any atom is 0.348 e. The highest BCUT2D eigenvalue weighted by Crippen LogP contribution is 2.20. The fraction of sp³-hybridized carbons (Fsp3) is 0.250. The van der Waals surface area contributed by atoms with E-state index in [0.717, 1.165) is 0 Å². The highest BCUT2D eigenvalue weighted by molar-refractivity contribution is 5.97. The monoisotopic (exact) mass is 370 g/mol. The number of hydrogen-bond donors (Lipinski definition) is 2. The average Bonchev–Trinajstić information content (AvgIpc) is 2.71. The van der Waals surface area contributed by atoms with E-state index in [1.807, 2.05) is 6.07 Å². The summed E-state index contributed by atoms with van der Waals surface area (Å²) in [6, 6.07) is 16.6. The van der Waals surface area contributed by atoms with E-state index in [9.17, 15) is 14.4 Å². The highest BCUT2D eigenvalue weighted by Gasteiger charge is 2.30. The van der Waals surface area contributed by atoms with Crippen LogP contribution in [-0.4, -0.2) is 31.1 Å². The van der Waals surface area contributed by atoms with E-state index in [0.29, 0.717) is 17.7 Å². The molecule has 0 fully saturated rings. The van der Waals surface area contributed by atoms with Gasteiger partial charge in [-0.05, 0) is 18.6 Å².